The van der Waals surface area contributed by atoms with Gasteiger partial charge in [0.25, 0.3) is 0 Å². The van der Waals surface area contributed by atoms with Crippen LogP contribution in [0, 0.1) is 5.82 Å². The second kappa shape index (κ2) is 10.3. The van der Waals surface area contributed by atoms with Crippen LogP contribution in [0.5, 0.6) is 0 Å². The van der Waals surface area contributed by atoms with Crippen LogP contribution in [0.4, 0.5) is 10.1 Å². The average Bonchev–Trinajstić information content (AvgIpc) is 2.78. The number of benzene rings is 2. The van der Waals surface area contributed by atoms with E-state index >= 15 is 0 Å². The molecule has 2 aliphatic rings. The van der Waals surface area contributed by atoms with Gasteiger partial charge in [-0.15, -0.1) is 0 Å². The Kier molecular flexibility index (Phi) is 7.30. The van der Waals surface area contributed by atoms with Crippen LogP contribution in [0.2, 0.25) is 0 Å². The molecule has 4 rings (SSSR count). The van der Waals surface area contributed by atoms with Crippen molar-refractivity contribution < 1.29 is 9.50 Å². The van der Waals surface area contributed by atoms with Gasteiger partial charge < -0.3 is 20.6 Å². The minimum atomic E-state index is -0.263. The molecule has 0 aromatic heterocycles. The van der Waals surface area contributed by atoms with Gasteiger partial charge in [0, 0.05) is 31.6 Å². The third-order valence-electron chi connectivity index (χ3n) is 6.87. The van der Waals surface area contributed by atoms with Crippen molar-refractivity contribution in [1.29, 1.82) is 0 Å². The van der Waals surface area contributed by atoms with Gasteiger partial charge in [-0.05, 0) is 55.9 Å². The van der Waals surface area contributed by atoms with Crippen molar-refractivity contribution in [3.8, 4) is 0 Å². The number of guanidine groups is 1. The number of hydrogen-bond acceptors (Lipinski definition) is 3. The van der Waals surface area contributed by atoms with Crippen molar-refractivity contribution in [3.05, 3.63) is 65.5 Å². The monoisotopic (exact) mass is 438 g/mol. The number of nitrogens with zero attached hydrogens (tertiary/aromatic N) is 2. The molecule has 0 radical (unpaired) electrons. The Hall–Kier alpha value is -2.60. The summed E-state index contributed by atoms with van der Waals surface area (Å²) in [6.45, 7) is 5.47. The third-order valence-corrected chi connectivity index (χ3v) is 6.87. The maximum absolute atomic E-state index is 14.8. The van der Waals surface area contributed by atoms with E-state index < -0.39 is 0 Å². The number of aliphatic imine (C=N–C) groups is 1. The molecule has 5 nitrogen and oxygen atoms in total. The zero-order valence-electron chi connectivity index (χ0n) is 19.0. The molecular weight excluding hydrogens is 403 g/mol. The minimum absolute atomic E-state index is 0.174. The zero-order valence-corrected chi connectivity index (χ0v) is 19.0. The molecule has 0 amide bonds. The molecule has 1 aliphatic carbocycles. The van der Waals surface area contributed by atoms with Gasteiger partial charge in [-0.3, -0.25) is 0 Å². The molecule has 1 aliphatic heterocycles. The van der Waals surface area contributed by atoms with Crippen LogP contribution in [-0.4, -0.2) is 43.3 Å². The summed E-state index contributed by atoms with van der Waals surface area (Å²) in [6, 6.07) is 16.1. The number of piperidine rings is 1. The maximum atomic E-state index is 14.8. The Morgan fingerprint density at radius 2 is 1.88 bits per heavy atom. The minimum Gasteiger partial charge on any atom is -0.393 e. The van der Waals surface area contributed by atoms with Crippen molar-refractivity contribution >= 4 is 11.6 Å². The second-order valence-electron chi connectivity index (χ2n) is 9.05. The first-order chi connectivity index (χ1) is 15.6. The van der Waals surface area contributed by atoms with Gasteiger partial charge in [-0.2, -0.15) is 0 Å². The Bertz CT molecular complexity index is 905. The molecule has 32 heavy (non-hydrogen) atoms. The molecule has 1 heterocycles. The van der Waals surface area contributed by atoms with Crippen LogP contribution < -0.4 is 15.5 Å². The first kappa shape index (κ1) is 22.6. The van der Waals surface area contributed by atoms with Gasteiger partial charge in [0.15, 0.2) is 5.96 Å². The summed E-state index contributed by atoms with van der Waals surface area (Å²) in [5.41, 5.74) is 3.02. The van der Waals surface area contributed by atoms with E-state index in [0.717, 1.165) is 24.6 Å². The van der Waals surface area contributed by atoms with E-state index in [0.29, 0.717) is 38.2 Å². The molecule has 0 atom stereocenters. The summed E-state index contributed by atoms with van der Waals surface area (Å²) in [6.07, 6.45) is 4.74. The Balaban J connectivity index is 1.39. The first-order valence-corrected chi connectivity index (χ1v) is 11.9. The number of nitrogens with one attached hydrogen (secondary N) is 2. The van der Waals surface area contributed by atoms with Crippen LogP contribution in [0.25, 0.3) is 0 Å². The lowest BCUT2D eigenvalue weighted by Gasteiger charge is -2.43. The van der Waals surface area contributed by atoms with E-state index in [1.165, 1.54) is 24.8 Å². The highest BCUT2D eigenvalue weighted by molar-refractivity contribution is 5.80. The van der Waals surface area contributed by atoms with Crippen molar-refractivity contribution in [2.24, 2.45) is 4.99 Å². The zero-order chi connectivity index (χ0) is 22.4. The lowest BCUT2D eigenvalue weighted by atomic mass is 9.64. The van der Waals surface area contributed by atoms with E-state index in [1.54, 1.807) is 6.07 Å². The fraction of sp³-hybridized carbons (Fsp3) is 0.500. The van der Waals surface area contributed by atoms with E-state index in [4.69, 9.17) is 4.99 Å². The molecule has 2 fully saturated rings. The van der Waals surface area contributed by atoms with Crippen molar-refractivity contribution in [1.82, 2.24) is 10.6 Å². The molecule has 1 saturated heterocycles. The summed E-state index contributed by atoms with van der Waals surface area (Å²) >= 11 is 0. The van der Waals surface area contributed by atoms with Crippen LogP contribution in [-0.2, 0) is 12.0 Å². The highest BCUT2D eigenvalue weighted by Gasteiger charge is 2.38. The van der Waals surface area contributed by atoms with Gasteiger partial charge in [-0.25, -0.2) is 9.38 Å². The molecular formula is C26H35FN4O. The summed E-state index contributed by atoms with van der Waals surface area (Å²) in [7, 11) is 0. The quantitative estimate of drug-likeness (QED) is 0.452. The maximum Gasteiger partial charge on any atom is 0.191 e. The molecule has 1 saturated carbocycles. The Morgan fingerprint density at radius 3 is 2.50 bits per heavy atom. The van der Waals surface area contributed by atoms with Crippen molar-refractivity contribution in [2.75, 3.05) is 31.1 Å². The summed E-state index contributed by atoms with van der Waals surface area (Å²) in [5.74, 6) is 0.550. The van der Waals surface area contributed by atoms with E-state index in [1.807, 2.05) is 17.0 Å². The van der Waals surface area contributed by atoms with Gasteiger partial charge in [-0.1, -0.05) is 42.8 Å². The number of halogens is 1. The van der Waals surface area contributed by atoms with Crippen LogP contribution in [0.3, 0.4) is 0 Å². The Morgan fingerprint density at radius 1 is 1.12 bits per heavy atom. The molecule has 2 aromatic carbocycles. The normalized spacial score (nSPS) is 18.8. The second-order valence-corrected chi connectivity index (χ2v) is 9.05. The molecule has 172 valence electrons. The topological polar surface area (TPSA) is 59.9 Å². The van der Waals surface area contributed by atoms with Crippen molar-refractivity contribution in [2.45, 2.75) is 57.1 Å². The smallest absolute Gasteiger partial charge is 0.191 e. The predicted molar refractivity (Wildman–Crippen MR) is 129 cm³/mol. The van der Waals surface area contributed by atoms with Crippen LogP contribution in [0.15, 0.2) is 53.5 Å². The highest BCUT2D eigenvalue weighted by atomic mass is 19.1. The van der Waals surface area contributed by atoms with E-state index in [2.05, 4.69) is 47.9 Å². The van der Waals surface area contributed by atoms with Crippen LogP contribution >= 0.6 is 0 Å². The predicted octanol–water partition coefficient (Wildman–Crippen LogP) is 3.96. The molecule has 0 unspecified atom stereocenters. The molecule has 0 bridgehead atoms. The van der Waals surface area contributed by atoms with E-state index in [-0.39, 0.29) is 17.3 Å². The average molecular weight is 439 g/mol. The number of aliphatic hydroxyl groups is 1. The largest absolute Gasteiger partial charge is 0.393 e. The molecule has 0 spiro atoms. The number of hydrogen-bond donors (Lipinski definition) is 3. The van der Waals surface area contributed by atoms with Gasteiger partial charge in [0.05, 0.1) is 18.3 Å². The fourth-order valence-corrected chi connectivity index (χ4v) is 4.74. The number of anilines is 1. The number of aliphatic hydroxyl groups excluding tert-OH is 1. The standard InChI is InChI=1S/C26H35FN4O/c1-2-28-25(30-19-26(13-6-14-26)21-7-4-3-5-8-21)29-18-20-9-10-24(23(27)17-20)31-15-11-22(32)12-16-31/h3-5,7-10,17,22,32H,2,6,11-16,18-19H2,1H3,(H2,28,29,30). The first-order valence-electron chi connectivity index (χ1n) is 11.9. The SMILES string of the molecule is CCNC(=NCc1ccc(N2CCC(O)CC2)c(F)c1)NCC1(c2ccccc2)CCC1. The van der Waals surface area contributed by atoms with Gasteiger partial charge in [0.2, 0.25) is 0 Å². The summed E-state index contributed by atoms with van der Waals surface area (Å²) in [4.78, 5) is 6.73. The molecule has 3 N–H and O–H groups in total. The fourth-order valence-electron chi connectivity index (χ4n) is 4.74. The lowest BCUT2D eigenvalue weighted by molar-refractivity contribution is 0.145. The number of rotatable bonds is 7. The van der Waals surface area contributed by atoms with Gasteiger partial charge in [0.1, 0.15) is 5.82 Å². The Labute approximate surface area is 190 Å². The van der Waals surface area contributed by atoms with Crippen molar-refractivity contribution in [3.63, 3.8) is 0 Å². The summed E-state index contributed by atoms with van der Waals surface area (Å²) < 4.78 is 14.8. The molecule has 6 heteroatoms. The van der Waals surface area contributed by atoms with E-state index in [9.17, 15) is 9.50 Å². The van der Waals surface area contributed by atoms with Gasteiger partial charge >= 0.3 is 0 Å². The highest BCUT2D eigenvalue weighted by Crippen LogP contribution is 2.43. The molecule has 2 aromatic rings. The van der Waals surface area contributed by atoms with Crippen LogP contribution in [0.1, 0.15) is 50.2 Å². The third kappa shape index (κ3) is 5.23. The summed E-state index contributed by atoms with van der Waals surface area (Å²) in [5, 5.41) is 16.5. The lowest BCUT2D eigenvalue weighted by Crippen LogP contribution is -2.48.